The quantitative estimate of drug-likeness (QED) is 0.581. The lowest BCUT2D eigenvalue weighted by atomic mass is 9.55. The summed E-state index contributed by atoms with van der Waals surface area (Å²) in [5, 5.41) is 0. The molecule has 4 nitrogen and oxygen atoms in total. The molecular weight excluding hydrogens is 312 g/mol. The zero-order chi connectivity index (χ0) is 17.6. The Bertz CT molecular complexity index is 540. The van der Waals surface area contributed by atoms with Crippen LogP contribution in [0.4, 0.5) is 0 Å². The van der Waals surface area contributed by atoms with Crippen molar-refractivity contribution in [1.29, 1.82) is 0 Å². The van der Waals surface area contributed by atoms with E-state index < -0.39 is 0 Å². The zero-order valence-corrected chi connectivity index (χ0v) is 16.0. The first-order valence-corrected chi connectivity index (χ1v) is 10.3. The minimum absolute atomic E-state index is 0.0702. The average Bonchev–Trinajstić information content (AvgIpc) is 2.88. The highest BCUT2D eigenvalue weighted by Crippen LogP contribution is 2.56. The van der Waals surface area contributed by atoms with Gasteiger partial charge in [0, 0.05) is 38.6 Å². The third-order valence-corrected chi connectivity index (χ3v) is 7.69. The Balaban J connectivity index is 1.44. The van der Waals surface area contributed by atoms with E-state index in [0.29, 0.717) is 17.3 Å². The monoisotopic (exact) mass is 346 g/mol. The summed E-state index contributed by atoms with van der Waals surface area (Å²) in [4.78, 5) is 17.6. The van der Waals surface area contributed by atoms with Gasteiger partial charge in [-0.05, 0) is 50.0 Å². The van der Waals surface area contributed by atoms with Crippen molar-refractivity contribution in [2.45, 2.75) is 52.1 Å². The number of hydrogen-bond donors (Lipinski definition) is 0. The predicted molar refractivity (Wildman–Crippen MR) is 99.2 cm³/mol. The summed E-state index contributed by atoms with van der Waals surface area (Å²) in [6.07, 6.45) is 6.01. The van der Waals surface area contributed by atoms with E-state index in [1.165, 1.54) is 24.8 Å². The molecule has 2 saturated carbocycles. The molecule has 4 rings (SSSR count). The molecule has 4 fully saturated rings. The Hall–Kier alpha value is -0.870. The predicted octanol–water partition coefficient (Wildman–Crippen LogP) is 2.94. The second-order valence-corrected chi connectivity index (χ2v) is 9.14. The van der Waals surface area contributed by atoms with Crippen molar-refractivity contribution in [3.63, 3.8) is 0 Å². The fourth-order valence-corrected chi connectivity index (χ4v) is 6.03. The summed E-state index contributed by atoms with van der Waals surface area (Å²) in [6, 6.07) is 0. The first kappa shape index (κ1) is 17.5. The third kappa shape index (κ3) is 3.16. The molecule has 0 N–H and O–H groups in total. The smallest absolute Gasteiger partial charge is 0.310 e. The van der Waals surface area contributed by atoms with E-state index in [2.05, 4.69) is 30.2 Å². The minimum atomic E-state index is 0.0702. The highest BCUT2D eigenvalue weighted by molar-refractivity contribution is 5.75. The van der Waals surface area contributed by atoms with E-state index >= 15 is 0 Å². The number of carbonyl (C=O) groups excluding carboxylic acids is 1. The van der Waals surface area contributed by atoms with Gasteiger partial charge in [0.2, 0.25) is 0 Å². The van der Waals surface area contributed by atoms with Gasteiger partial charge in [-0.25, -0.2) is 0 Å². The van der Waals surface area contributed by atoms with Crippen LogP contribution in [0, 0.1) is 23.2 Å². The molecule has 2 heterocycles. The van der Waals surface area contributed by atoms with Crippen LogP contribution in [-0.2, 0) is 9.53 Å². The van der Waals surface area contributed by atoms with Gasteiger partial charge < -0.3 is 9.64 Å². The maximum Gasteiger partial charge on any atom is 0.310 e. The zero-order valence-electron chi connectivity index (χ0n) is 16.0. The maximum atomic E-state index is 12.6. The van der Waals surface area contributed by atoms with Crippen molar-refractivity contribution in [3.05, 3.63) is 12.2 Å². The first-order valence-electron chi connectivity index (χ1n) is 10.3. The van der Waals surface area contributed by atoms with Crippen molar-refractivity contribution in [1.82, 2.24) is 9.80 Å². The Morgan fingerprint density at radius 3 is 2.68 bits per heavy atom. The number of rotatable bonds is 3. The van der Waals surface area contributed by atoms with Gasteiger partial charge in [-0.2, -0.15) is 0 Å². The molecule has 0 aromatic carbocycles. The Morgan fingerprint density at radius 2 is 1.96 bits per heavy atom. The molecule has 0 radical (unpaired) electrons. The number of allylic oxidation sites excluding steroid dienone is 1. The van der Waals surface area contributed by atoms with Gasteiger partial charge in [0.25, 0.3) is 0 Å². The Labute approximate surface area is 152 Å². The number of likely N-dealkylation sites (N-methyl/N-ethyl adjacent to an activating group) is 1. The second-order valence-electron chi connectivity index (χ2n) is 9.14. The van der Waals surface area contributed by atoms with Crippen LogP contribution in [0.5, 0.6) is 0 Å². The van der Waals surface area contributed by atoms with Crippen LogP contribution in [0.15, 0.2) is 12.2 Å². The largest absolute Gasteiger partial charge is 0.462 e. The van der Waals surface area contributed by atoms with E-state index in [1.807, 2.05) is 0 Å². The van der Waals surface area contributed by atoms with Gasteiger partial charge in [0.15, 0.2) is 0 Å². The topological polar surface area (TPSA) is 32.8 Å². The van der Waals surface area contributed by atoms with Gasteiger partial charge >= 0.3 is 5.97 Å². The molecule has 0 aromatic heterocycles. The normalized spacial score (nSPS) is 42.8. The van der Waals surface area contributed by atoms with Crippen LogP contribution in [0.3, 0.4) is 0 Å². The van der Waals surface area contributed by atoms with Crippen molar-refractivity contribution in [2.24, 2.45) is 23.2 Å². The van der Waals surface area contributed by atoms with Gasteiger partial charge in [-0.1, -0.05) is 26.0 Å². The van der Waals surface area contributed by atoms with Crippen LogP contribution >= 0.6 is 0 Å². The summed E-state index contributed by atoms with van der Waals surface area (Å²) >= 11 is 0. The molecule has 4 heteroatoms. The van der Waals surface area contributed by atoms with E-state index in [-0.39, 0.29) is 18.0 Å². The van der Waals surface area contributed by atoms with Gasteiger partial charge in [0.05, 0.1) is 5.92 Å². The summed E-state index contributed by atoms with van der Waals surface area (Å²) < 4.78 is 5.91. The van der Waals surface area contributed by atoms with Crippen molar-refractivity contribution in [2.75, 3.05) is 39.3 Å². The SMILES string of the molecule is C=C1CCC[C@]2(C)C[C@H]3OC(=O)[C@@H](CN4CCN(CC)CC4)[C@H]3C[C@@H]12. The fourth-order valence-electron chi connectivity index (χ4n) is 6.03. The van der Waals surface area contributed by atoms with Crippen molar-refractivity contribution in [3.8, 4) is 0 Å². The number of carbonyl (C=O) groups is 1. The van der Waals surface area contributed by atoms with Crippen molar-refractivity contribution >= 4 is 5.97 Å². The maximum absolute atomic E-state index is 12.6. The lowest BCUT2D eigenvalue weighted by molar-refractivity contribution is -0.146. The number of nitrogens with zero attached hydrogens (tertiary/aromatic N) is 2. The summed E-state index contributed by atoms with van der Waals surface area (Å²) in [7, 11) is 0. The lowest BCUT2D eigenvalue weighted by Gasteiger charge is -2.50. The van der Waals surface area contributed by atoms with E-state index in [1.54, 1.807) is 0 Å². The standard InChI is InChI=1S/C21H34N2O2/c1-4-22-8-10-23(11-9-22)14-17-16-12-18-15(2)6-5-7-21(18,3)13-19(16)25-20(17)24/h16-19H,2,4-14H2,1,3H3/t16-,17+,18+,19-,21-/m1/s1. The van der Waals surface area contributed by atoms with Crippen molar-refractivity contribution < 1.29 is 9.53 Å². The number of fused-ring (bicyclic) bond motifs is 2. The first-order chi connectivity index (χ1) is 12.0. The molecule has 140 valence electrons. The summed E-state index contributed by atoms with van der Waals surface area (Å²) in [5.41, 5.74) is 1.74. The number of piperazine rings is 1. The number of esters is 1. The number of hydrogen-bond acceptors (Lipinski definition) is 4. The molecular formula is C21H34N2O2. The van der Waals surface area contributed by atoms with Gasteiger partial charge in [-0.3, -0.25) is 9.69 Å². The summed E-state index contributed by atoms with van der Waals surface area (Å²) in [5.74, 6) is 1.15. The molecule has 5 atom stereocenters. The molecule has 0 unspecified atom stereocenters. The van der Waals surface area contributed by atoms with Crippen LogP contribution in [0.1, 0.15) is 46.0 Å². The molecule has 2 aliphatic carbocycles. The van der Waals surface area contributed by atoms with E-state index in [9.17, 15) is 4.79 Å². The van der Waals surface area contributed by atoms with Crippen LogP contribution < -0.4 is 0 Å². The summed E-state index contributed by atoms with van der Waals surface area (Å²) in [6.45, 7) is 15.5. The Morgan fingerprint density at radius 1 is 1.24 bits per heavy atom. The van der Waals surface area contributed by atoms with Gasteiger partial charge in [0.1, 0.15) is 6.10 Å². The molecule has 0 bridgehead atoms. The second kappa shape index (κ2) is 6.70. The highest BCUT2D eigenvalue weighted by atomic mass is 16.6. The average molecular weight is 347 g/mol. The lowest BCUT2D eigenvalue weighted by Crippen LogP contribution is -2.49. The van der Waals surface area contributed by atoms with Crippen LogP contribution in [0.25, 0.3) is 0 Å². The minimum Gasteiger partial charge on any atom is -0.462 e. The molecule has 0 aromatic rings. The molecule has 4 aliphatic rings. The van der Waals surface area contributed by atoms with Crippen LogP contribution in [0.2, 0.25) is 0 Å². The fraction of sp³-hybridized carbons (Fsp3) is 0.857. The molecule has 2 saturated heterocycles. The van der Waals surface area contributed by atoms with E-state index in [0.717, 1.165) is 52.1 Å². The van der Waals surface area contributed by atoms with Crippen LogP contribution in [-0.4, -0.2) is 61.1 Å². The number of ether oxygens (including phenoxy) is 1. The molecule has 0 amide bonds. The highest BCUT2D eigenvalue weighted by Gasteiger charge is 2.55. The third-order valence-electron chi connectivity index (χ3n) is 7.69. The van der Waals surface area contributed by atoms with Gasteiger partial charge in [-0.15, -0.1) is 0 Å². The molecule has 0 spiro atoms. The molecule has 25 heavy (non-hydrogen) atoms. The Kier molecular flexibility index (Phi) is 4.70. The molecule has 2 aliphatic heterocycles. The van der Waals surface area contributed by atoms with E-state index in [4.69, 9.17) is 4.74 Å².